The lowest BCUT2D eigenvalue weighted by molar-refractivity contribution is -0.143. The van der Waals surface area contributed by atoms with Crippen molar-refractivity contribution in [1.29, 1.82) is 0 Å². The van der Waals surface area contributed by atoms with Gasteiger partial charge in [-0.2, -0.15) is 0 Å². The molecule has 3 rings (SSSR count). The van der Waals surface area contributed by atoms with Crippen molar-refractivity contribution in [2.24, 2.45) is 0 Å². The average molecular weight is 420 g/mol. The van der Waals surface area contributed by atoms with Crippen LogP contribution in [0.25, 0.3) is 0 Å². The maximum Gasteiger partial charge on any atom is 0.307 e. The van der Waals surface area contributed by atoms with Crippen LogP contribution in [0.4, 0.5) is 0 Å². The van der Waals surface area contributed by atoms with Crippen molar-refractivity contribution in [3.8, 4) is 0 Å². The molecule has 0 amide bonds. The van der Waals surface area contributed by atoms with Crippen LogP contribution in [-0.2, 0) is 9.53 Å². The Bertz CT molecular complexity index is 651. The van der Waals surface area contributed by atoms with Gasteiger partial charge in [0.2, 0.25) is 0 Å². The number of carbonyl (C=O) groups is 1. The number of esters is 1. The highest BCUT2D eigenvalue weighted by molar-refractivity contribution is 8.00. The monoisotopic (exact) mass is 419 g/mol. The minimum absolute atomic E-state index is 0. The molecule has 1 saturated heterocycles. The molecular formula is C23H30ClNO2S. The van der Waals surface area contributed by atoms with Gasteiger partial charge in [0.25, 0.3) is 0 Å². The highest BCUT2D eigenvalue weighted by Crippen LogP contribution is 2.41. The molecule has 0 radical (unpaired) electrons. The molecule has 0 aromatic heterocycles. The Labute approximate surface area is 179 Å². The van der Waals surface area contributed by atoms with Gasteiger partial charge in [0.05, 0.1) is 18.3 Å². The van der Waals surface area contributed by atoms with E-state index in [0.29, 0.717) is 23.5 Å². The van der Waals surface area contributed by atoms with Gasteiger partial charge < -0.3 is 9.64 Å². The molecule has 1 fully saturated rings. The highest BCUT2D eigenvalue weighted by Gasteiger charge is 2.25. The van der Waals surface area contributed by atoms with Crippen LogP contribution in [0.2, 0.25) is 0 Å². The van der Waals surface area contributed by atoms with E-state index in [4.69, 9.17) is 4.74 Å². The van der Waals surface area contributed by atoms with Crippen LogP contribution in [0, 0.1) is 0 Å². The van der Waals surface area contributed by atoms with Crippen LogP contribution < -0.4 is 0 Å². The van der Waals surface area contributed by atoms with Gasteiger partial charge in [0.15, 0.2) is 0 Å². The lowest BCUT2D eigenvalue weighted by Crippen LogP contribution is -2.36. The number of piperidine rings is 1. The number of thioether (sulfide) groups is 1. The van der Waals surface area contributed by atoms with Gasteiger partial charge in [-0.25, -0.2) is 0 Å². The summed E-state index contributed by atoms with van der Waals surface area (Å²) in [6.07, 6.45) is 2.84. The molecule has 0 saturated carbocycles. The summed E-state index contributed by atoms with van der Waals surface area (Å²) in [6, 6.07) is 21.6. The predicted octanol–water partition coefficient (Wildman–Crippen LogP) is 5.35. The smallest absolute Gasteiger partial charge is 0.307 e. The summed E-state index contributed by atoms with van der Waals surface area (Å²) in [5.41, 5.74) is 2.75. The number of likely N-dealkylation sites (tertiary alicyclic amines) is 1. The number of hydrogen-bond acceptors (Lipinski definition) is 4. The SMILES string of the molecule is CCOC(=O)CCN1CCC(SC(c2ccccc2)c2ccccc2)CC1.Cl. The summed E-state index contributed by atoms with van der Waals surface area (Å²) >= 11 is 2.09. The second-order valence-corrected chi connectivity index (χ2v) is 8.34. The topological polar surface area (TPSA) is 29.5 Å². The van der Waals surface area contributed by atoms with Gasteiger partial charge in [-0.05, 0) is 44.0 Å². The summed E-state index contributed by atoms with van der Waals surface area (Å²) in [4.78, 5) is 14.0. The molecule has 1 aliphatic rings. The lowest BCUT2D eigenvalue weighted by Gasteiger charge is -2.33. The second kappa shape index (κ2) is 12.2. The van der Waals surface area contributed by atoms with E-state index in [1.54, 1.807) is 0 Å². The van der Waals surface area contributed by atoms with E-state index < -0.39 is 0 Å². The minimum Gasteiger partial charge on any atom is -0.466 e. The first kappa shape index (κ1) is 22.8. The van der Waals surface area contributed by atoms with Crippen LogP contribution in [0.5, 0.6) is 0 Å². The Balaban J connectivity index is 0.00000280. The largest absolute Gasteiger partial charge is 0.466 e. The zero-order valence-electron chi connectivity index (χ0n) is 16.5. The van der Waals surface area contributed by atoms with Crippen molar-refractivity contribution < 1.29 is 9.53 Å². The predicted molar refractivity (Wildman–Crippen MR) is 120 cm³/mol. The third-order valence-corrected chi connectivity index (χ3v) is 6.68. The standard InChI is InChI=1S/C23H29NO2S.ClH/c1-2-26-22(25)15-18-24-16-13-21(14-17-24)27-23(19-9-5-3-6-10-19)20-11-7-4-8-12-20;/h3-12,21,23H,2,13-18H2,1H3;1H. The molecule has 0 atom stereocenters. The summed E-state index contributed by atoms with van der Waals surface area (Å²) in [5, 5.41) is 1.03. The van der Waals surface area contributed by atoms with Crippen molar-refractivity contribution in [2.75, 3.05) is 26.2 Å². The molecule has 2 aromatic carbocycles. The molecule has 0 bridgehead atoms. The second-order valence-electron chi connectivity index (χ2n) is 6.93. The van der Waals surface area contributed by atoms with Gasteiger partial charge in [-0.15, -0.1) is 24.2 Å². The summed E-state index contributed by atoms with van der Waals surface area (Å²) in [7, 11) is 0. The van der Waals surface area contributed by atoms with Gasteiger partial charge in [0.1, 0.15) is 0 Å². The van der Waals surface area contributed by atoms with Gasteiger partial charge in [-0.1, -0.05) is 60.7 Å². The third-order valence-electron chi connectivity index (χ3n) is 5.01. The Hall–Kier alpha value is -1.49. The summed E-state index contributed by atoms with van der Waals surface area (Å²) in [6.45, 7) is 5.27. The zero-order valence-corrected chi connectivity index (χ0v) is 18.1. The van der Waals surface area contributed by atoms with Crippen molar-refractivity contribution in [1.82, 2.24) is 4.90 Å². The Morgan fingerprint density at radius 1 is 1.04 bits per heavy atom. The molecule has 2 aromatic rings. The number of rotatable bonds is 8. The quantitative estimate of drug-likeness (QED) is 0.539. The number of benzene rings is 2. The van der Waals surface area contributed by atoms with E-state index in [0.717, 1.165) is 19.6 Å². The maximum absolute atomic E-state index is 11.6. The van der Waals surface area contributed by atoms with E-state index in [2.05, 4.69) is 77.3 Å². The average Bonchev–Trinajstić information content (AvgIpc) is 2.73. The van der Waals surface area contributed by atoms with Gasteiger partial charge in [0, 0.05) is 11.8 Å². The molecule has 5 heteroatoms. The first-order valence-electron chi connectivity index (χ1n) is 9.89. The molecule has 3 nitrogen and oxygen atoms in total. The van der Waals surface area contributed by atoms with E-state index in [9.17, 15) is 4.79 Å². The molecule has 0 aliphatic carbocycles. The van der Waals surface area contributed by atoms with Crippen LogP contribution in [0.1, 0.15) is 42.6 Å². The van der Waals surface area contributed by atoms with E-state index >= 15 is 0 Å². The van der Waals surface area contributed by atoms with Crippen LogP contribution in [0.3, 0.4) is 0 Å². The molecule has 28 heavy (non-hydrogen) atoms. The molecule has 1 heterocycles. The third kappa shape index (κ3) is 6.84. The summed E-state index contributed by atoms with van der Waals surface area (Å²) < 4.78 is 5.03. The van der Waals surface area contributed by atoms with Crippen LogP contribution in [0.15, 0.2) is 60.7 Å². The molecule has 0 unspecified atom stereocenters. The number of ether oxygens (including phenoxy) is 1. The fourth-order valence-electron chi connectivity index (χ4n) is 3.55. The lowest BCUT2D eigenvalue weighted by atomic mass is 10.0. The Morgan fingerprint density at radius 3 is 2.07 bits per heavy atom. The Kier molecular flexibility index (Phi) is 9.89. The van der Waals surface area contributed by atoms with Crippen LogP contribution >= 0.6 is 24.2 Å². The zero-order chi connectivity index (χ0) is 18.9. The molecule has 0 N–H and O–H groups in total. The first-order chi connectivity index (χ1) is 13.3. The molecular weight excluding hydrogens is 390 g/mol. The van der Waals surface area contributed by atoms with Crippen molar-refractivity contribution in [3.05, 3.63) is 71.8 Å². The van der Waals surface area contributed by atoms with Crippen molar-refractivity contribution in [2.45, 2.75) is 36.7 Å². The number of nitrogens with zero attached hydrogens (tertiary/aromatic N) is 1. The van der Waals surface area contributed by atoms with E-state index in [1.165, 1.54) is 24.0 Å². The molecule has 0 spiro atoms. The summed E-state index contributed by atoms with van der Waals surface area (Å²) in [5.74, 6) is -0.0813. The fourth-order valence-corrected chi connectivity index (χ4v) is 5.05. The van der Waals surface area contributed by atoms with Crippen LogP contribution in [-0.4, -0.2) is 42.4 Å². The number of halogens is 1. The number of carbonyl (C=O) groups excluding carboxylic acids is 1. The van der Waals surface area contributed by atoms with E-state index in [1.807, 2.05) is 6.92 Å². The van der Waals surface area contributed by atoms with Gasteiger partial charge >= 0.3 is 5.97 Å². The highest BCUT2D eigenvalue weighted by atomic mass is 35.5. The van der Waals surface area contributed by atoms with Crippen molar-refractivity contribution >= 4 is 30.1 Å². The molecule has 152 valence electrons. The normalized spacial score (nSPS) is 15.2. The van der Waals surface area contributed by atoms with Crippen molar-refractivity contribution in [3.63, 3.8) is 0 Å². The van der Waals surface area contributed by atoms with E-state index in [-0.39, 0.29) is 18.4 Å². The first-order valence-corrected chi connectivity index (χ1v) is 10.8. The fraction of sp³-hybridized carbons (Fsp3) is 0.435. The number of hydrogen-bond donors (Lipinski definition) is 0. The minimum atomic E-state index is -0.0813. The van der Waals surface area contributed by atoms with Gasteiger partial charge in [-0.3, -0.25) is 4.79 Å². The molecule has 1 aliphatic heterocycles. The Morgan fingerprint density at radius 2 is 1.57 bits per heavy atom. The maximum atomic E-state index is 11.6.